The van der Waals surface area contributed by atoms with Crippen LogP contribution in [0.3, 0.4) is 0 Å². The molecule has 0 aromatic heterocycles. The van der Waals surface area contributed by atoms with E-state index in [4.69, 9.17) is 0 Å². The first kappa shape index (κ1) is 37.6. The van der Waals surface area contributed by atoms with Crippen LogP contribution in [0.15, 0.2) is 121 Å². The molecular formula is C42H50N2Ni. The average molecular weight is 642 g/mol. The Kier molecular flexibility index (Phi) is 19.1. The molecule has 0 saturated heterocycles. The minimum absolute atomic E-state index is 0. The molecule has 0 spiro atoms. The number of allylic oxidation sites excluding steroid dienone is 2. The Morgan fingerprint density at radius 2 is 1.07 bits per heavy atom. The summed E-state index contributed by atoms with van der Waals surface area (Å²) in [4.78, 5) is 0. The maximum atomic E-state index is 11.4. The molecule has 4 aromatic rings. The number of nitrogens with zero attached hydrogens (tertiary/aromatic N) is 2. The molecule has 1 heterocycles. The van der Waals surface area contributed by atoms with Gasteiger partial charge in [-0.15, -0.1) is 0 Å². The number of hydrogen-bond acceptors (Lipinski definition) is 0. The third-order valence-electron chi connectivity index (χ3n) is 7.63. The van der Waals surface area contributed by atoms with Crippen molar-refractivity contribution in [3.8, 4) is 0 Å². The summed E-state index contributed by atoms with van der Waals surface area (Å²) in [6, 6.07) is 42.5. The summed E-state index contributed by atoms with van der Waals surface area (Å²) in [5, 5.41) is 0. The zero-order valence-electron chi connectivity index (χ0n) is 27.5. The van der Waals surface area contributed by atoms with Crippen LogP contribution in [0.5, 0.6) is 0 Å². The largest absolute Gasteiger partial charge is 2.00 e. The van der Waals surface area contributed by atoms with Crippen molar-refractivity contribution in [1.82, 2.24) is 0 Å². The van der Waals surface area contributed by atoms with Gasteiger partial charge >= 0.3 is 16.5 Å². The monoisotopic (exact) mass is 640 g/mol. The predicted molar refractivity (Wildman–Crippen MR) is 188 cm³/mol. The van der Waals surface area contributed by atoms with E-state index in [1.807, 2.05) is 60.7 Å². The van der Waals surface area contributed by atoms with Gasteiger partial charge in [0.15, 0.2) is 0 Å². The molecule has 0 saturated carbocycles. The second-order valence-corrected chi connectivity index (χ2v) is 11.3. The number of hydrogen-bond donors (Lipinski definition) is 0. The smallest absolute Gasteiger partial charge is 0.493 e. The fourth-order valence-electron chi connectivity index (χ4n) is 5.20. The van der Waals surface area contributed by atoms with Crippen molar-refractivity contribution in [3.05, 3.63) is 161 Å². The first-order chi connectivity index (χ1) is 21.7. The Hall–Kier alpha value is -3.55. The molecule has 0 bridgehead atoms. The minimum Gasteiger partial charge on any atom is -0.493 e. The number of rotatable bonds is 13. The molecule has 2 nitrogen and oxygen atoms in total. The molecule has 1 aliphatic heterocycles. The number of benzene rings is 4. The average Bonchev–Trinajstić information content (AvgIpc) is 3.42. The van der Waals surface area contributed by atoms with Crippen LogP contribution in [0, 0.1) is 12.1 Å². The molecule has 0 unspecified atom stereocenters. The van der Waals surface area contributed by atoms with Crippen LogP contribution in [0.25, 0.3) is 16.9 Å². The van der Waals surface area contributed by atoms with Crippen LogP contribution < -0.4 is 0 Å². The molecule has 5 rings (SSSR count). The van der Waals surface area contributed by atoms with E-state index in [-0.39, 0.29) is 16.5 Å². The number of aryl methyl sites for hydroxylation is 2. The van der Waals surface area contributed by atoms with Crippen LogP contribution in [0.4, 0.5) is 0 Å². The van der Waals surface area contributed by atoms with Crippen LogP contribution in [0.1, 0.15) is 101 Å². The van der Waals surface area contributed by atoms with Crippen LogP contribution in [-0.2, 0) is 29.3 Å². The summed E-state index contributed by atoms with van der Waals surface area (Å²) in [7, 11) is 0. The Balaban J connectivity index is 0.000000448. The molecule has 0 aliphatic carbocycles. The van der Waals surface area contributed by atoms with E-state index in [2.05, 4.69) is 87.5 Å². The molecular weight excluding hydrogens is 591 g/mol. The third kappa shape index (κ3) is 13.5. The fraction of sp³-hybridized carbons (Fsp3) is 0.333. The SMILES string of the molecule is CCCCCCC1=C(c2cccc(CCCC)c2)[N+](=[N-])C(c2cccc(CCCC)c2)=C1.[Ni+2].[c-]1ccccc1.[c-]1ccccc1. The van der Waals surface area contributed by atoms with Crippen molar-refractivity contribution in [2.45, 2.75) is 91.4 Å². The van der Waals surface area contributed by atoms with Gasteiger partial charge in [-0.25, -0.2) is 4.70 Å². The van der Waals surface area contributed by atoms with Crippen molar-refractivity contribution in [2.24, 2.45) is 0 Å². The van der Waals surface area contributed by atoms with Crippen molar-refractivity contribution in [1.29, 1.82) is 0 Å². The zero-order chi connectivity index (χ0) is 31.2. The summed E-state index contributed by atoms with van der Waals surface area (Å²) in [5.74, 6) is 0. The van der Waals surface area contributed by atoms with Crippen molar-refractivity contribution in [2.75, 3.05) is 0 Å². The number of unbranched alkanes of at least 4 members (excludes halogenated alkanes) is 5. The van der Waals surface area contributed by atoms with Gasteiger partial charge in [-0.2, -0.15) is 72.8 Å². The van der Waals surface area contributed by atoms with Gasteiger partial charge in [0.05, 0.1) is 0 Å². The van der Waals surface area contributed by atoms with Crippen LogP contribution in [0.2, 0.25) is 0 Å². The Morgan fingerprint density at radius 3 is 1.53 bits per heavy atom. The van der Waals surface area contributed by atoms with E-state index in [1.165, 1.54) is 66.3 Å². The van der Waals surface area contributed by atoms with Gasteiger partial charge in [0.1, 0.15) is 0 Å². The van der Waals surface area contributed by atoms with E-state index in [0.717, 1.165) is 48.2 Å². The van der Waals surface area contributed by atoms with Gasteiger partial charge in [0.25, 0.3) is 0 Å². The van der Waals surface area contributed by atoms with Gasteiger partial charge in [0.2, 0.25) is 11.4 Å². The second-order valence-electron chi connectivity index (χ2n) is 11.3. The standard InChI is InChI=1S/C30H40N2.2C6H5.Ni/c1-4-7-10-11-18-28-23-29(26-19-12-16-24(21-26)14-8-5-2)32(31)30(28)27-20-13-17-25(22-27)15-9-6-3;2*1-2-4-6-5-3-1;/h12-13,16-17,19-23H,4-11,14-15,18H2,1-3H3;2*1-5H;/q;2*-1;+2. The summed E-state index contributed by atoms with van der Waals surface area (Å²) >= 11 is 0. The molecule has 238 valence electrons. The molecule has 0 N–H and O–H groups in total. The predicted octanol–water partition coefficient (Wildman–Crippen LogP) is 12.1. The first-order valence-electron chi connectivity index (χ1n) is 16.6. The summed E-state index contributed by atoms with van der Waals surface area (Å²) in [5.41, 5.74) is 19.4. The topological polar surface area (TPSA) is 25.3 Å². The maximum absolute atomic E-state index is 11.4. The van der Waals surface area contributed by atoms with E-state index in [9.17, 15) is 5.53 Å². The minimum atomic E-state index is 0. The molecule has 1 aliphatic rings. The molecule has 3 heteroatoms. The van der Waals surface area contributed by atoms with Gasteiger partial charge in [-0.05, 0) is 73.9 Å². The van der Waals surface area contributed by atoms with Crippen LogP contribution >= 0.6 is 0 Å². The fourth-order valence-corrected chi connectivity index (χ4v) is 5.20. The van der Waals surface area contributed by atoms with Gasteiger partial charge in [0, 0.05) is 22.8 Å². The second kappa shape index (κ2) is 22.9. The van der Waals surface area contributed by atoms with Gasteiger partial charge < -0.3 is 5.53 Å². The molecule has 45 heavy (non-hydrogen) atoms. The van der Waals surface area contributed by atoms with Gasteiger partial charge in [-0.1, -0.05) is 77.1 Å². The molecule has 4 aromatic carbocycles. The maximum Gasteiger partial charge on any atom is 2.00 e. The first-order valence-corrected chi connectivity index (χ1v) is 16.6. The van der Waals surface area contributed by atoms with Crippen molar-refractivity contribution < 1.29 is 21.2 Å². The quantitative estimate of drug-likeness (QED) is 0.0601. The molecule has 0 amide bonds. The summed E-state index contributed by atoms with van der Waals surface area (Å²) in [6.45, 7) is 6.72. The molecule has 0 atom stereocenters. The van der Waals surface area contributed by atoms with E-state index < -0.39 is 0 Å². The third-order valence-corrected chi connectivity index (χ3v) is 7.63. The normalized spacial score (nSPS) is 11.9. The van der Waals surface area contributed by atoms with Gasteiger partial charge in [-0.3, -0.25) is 0 Å². The molecule has 0 radical (unpaired) electrons. The van der Waals surface area contributed by atoms with Crippen molar-refractivity contribution >= 4 is 11.4 Å². The van der Waals surface area contributed by atoms with E-state index in [0.29, 0.717) is 0 Å². The van der Waals surface area contributed by atoms with E-state index >= 15 is 0 Å². The Labute approximate surface area is 283 Å². The Bertz CT molecular complexity index is 1340. The van der Waals surface area contributed by atoms with E-state index in [1.54, 1.807) is 0 Å². The Morgan fingerprint density at radius 1 is 0.556 bits per heavy atom. The summed E-state index contributed by atoms with van der Waals surface area (Å²) < 4.78 is 1.45. The van der Waals surface area contributed by atoms with Crippen molar-refractivity contribution in [3.63, 3.8) is 0 Å². The summed E-state index contributed by atoms with van der Waals surface area (Å²) in [6.07, 6.45) is 15.1. The zero-order valence-corrected chi connectivity index (χ0v) is 28.4. The molecule has 0 fully saturated rings. The van der Waals surface area contributed by atoms with Crippen LogP contribution in [-0.4, -0.2) is 4.70 Å².